The summed E-state index contributed by atoms with van der Waals surface area (Å²) in [6.07, 6.45) is 10.7. The number of nitrogens with zero attached hydrogens (tertiary/aromatic N) is 2. The van der Waals surface area contributed by atoms with Crippen molar-refractivity contribution in [3.8, 4) is 0 Å². The van der Waals surface area contributed by atoms with Gasteiger partial charge < -0.3 is 5.32 Å². The molecule has 1 fully saturated rings. The minimum absolute atomic E-state index is 0.670. The van der Waals surface area contributed by atoms with Crippen LogP contribution in [-0.2, 0) is 13.5 Å². The van der Waals surface area contributed by atoms with E-state index in [1.807, 2.05) is 17.9 Å². The Morgan fingerprint density at radius 1 is 1.50 bits per heavy atom. The largest absolute Gasteiger partial charge is 0.316 e. The molecule has 0 bridgehead atoms. The summed E-state index contributed by atoms with van der Waals surface area (Å²) in [6, 6.07) is 0. The van der Waals surface area contributed by atoms with Crippen LogP contribution in [0.1, 0.15) is 38.2 Å². The van der Waals surface area contributed by atoms with Crippen LogP contribution in [0, 0.1) is 5.41 Å². The number of rotatable bonds is 7. The van der Waals surface area contributed by atoms with Crippen LogP contribution in [0.4, 0.5) is 0 Å². The fourth-order valence-electron chi connectivity index (χ4n) is 2.41. The van der Waals surface area contributed by atoms with Gasteiger partial charge in [-0.2, -0.15) is 5.10 Å². The van der Waals surface area contributed by atoms with Crippen molar-refractivity contribution >= 4 is 0 Å². The minimum atomic E-state index is 0.670. The molecule has 0 aromatic carbocycles. The molecule has 3 heteroatoms. The first-order valence-corrected chi connectivity index (χ1v) is 6.42. The third-order valence-corrected chi connectivity index (χ3v) is 3.59. The van der Waals surface area contributed by atoms with E-state index in [9.17, 15) is 0 Å². The van der Waals surface area contributed by atoms with E-state index in [0.29, 0.717) is 5.41 Å². The number of aromatic nitrogens is 2. The molecule has 1 saturated carbocycles. The summed E-state index contributed by atoms with van der Waals surface area (Å²) >= 11 is 0. The van der Waals surface area contributed by atoms with Crippen LogP contribution in [0.2, 0.25) is 0 Å². The predicted molar refractivity (Wildman–Crippen MR) is 66.4 cm³/mol. The SMILES string of the molecule is CCCC1(CNCCc2cnn(C)c2)CC1. The van der Waals surface area contributed by atoms with E-state index in [-0.39, 0.29) is 0 Å². The number of hydrogen-bond acceptors (Lipinski definition) is 2. The summed E-state index contributed by atoms with van der Waals surface area (Å²) in [5.41, 5.74) is 2.00. The van der Waals surface area contributed by atoms with Crippen molar-refractivity contribution in [3.63, 3.8) is 0 Å². The molecule has 1 aliphatic rings. The second kappa shape index (κ2) is 5.00. The summed E-state index contributed by atoms with van der Waals surface area (Å²) in [7, 11) is 1.97. The third-order valence-electron chi connectivity index (χ3n) is 3.59. The summed E-state index contributed by atoms with van der Waals surface area (Å²) < 4.78 is 1.87. The molecule has 90 valence electrons. The molecule has 0 aliphatic heterocycles. The predicted octanol–water partition coefficient (Wildman–Crippen LogP) is 2.13. The van der Waals surface area contributed by atoms with Crippen molar-refractivity contribution in [2.45, 2.75) is 39.0 Å². The van der Waals surface area contributed by atoms with Gasteiger partial charge >= 0.3 is 0 Å². The van der Waals surface area contributed by atoms with Gasteiger partial charge in [-0.25, -0.2) is 0 Å². The van der Waals surface area contributed by atoms with Crippen LogP contribution in [0.25, 0.3) is 0 Å². The van der Waals surface area contributed by atoms with Gasteiger partial charge in [0.05, 0.1) is 6.20 Å². The molecule has 0 saturated heterocycles. The van der Waals surface area contributed by atoms with Crippen molar-refractivity contribution in [2.24, 2.45) is 12.5 Å². The number of hydrogen-bond donors (Lipinski definition) is 1. The Hall–Kier alpha value is -0.830. The average molecular weight is 221 g/mol. The molecule has 3 nitrogen and oxygen atoms in total. The maximum atomic E-state index is 4.17. The van der Waals surface area contributed by atoms with Crippen molar-refractivity contribution < 1.29 is 0 Å². The first kappa shape index (κ1) is 11.6. The molecule has 0 unspecified atom stereocenters. The molecule has 2 rings (SSSR count). The van der Waals surface area contributed by atoms with Crippen LogP contribution >= 0.6 is 0 Å². The van der Waals surface area contributed by atoms with Crippen molar-refractivity contribution in [1.82, 2.24) is 15.1 Å². The average Bonchev–Trinajstić information content (AvgIpc) is 2.90. The summed E-state index contributed by atoms with van der Waals surface area (Å²) in [5.74, 6) is 0. The minimum Gasteiger partial charge on any atom is -0.316 e. The molecule has 1 N–H and O–H groups in total. The fraction of sp³-hybridized carbons (Fsp3) is 0.769. The van der Waals surface area contributed by atoms with E-state index in [0.717, 1.165) is 13.0 Å². The van der Waals surface area contributed by atoms with Gasteiger partial charge in [-0.05, 0) is 43.2 Å². The Morgan fingerprint density at radius 3 is 2.88 bits per heavy atom. The summed E-state index contributed by atoms with van der Waals surface area (Å²) in [5, 5.41) is 7.77. The number of nitrogens with one attached hydrogen (secondary N) is 1. The van der Waals surface area contributed by atoms with Gasteiger partial charge in [0.25, 0.3) is 0 Å². The van der Waals surface area contributed by atoms with E-state index in [1.165, 1.54) is 37.8 Å². The Bertz CT molecular complexity index is 326. The Labute approximate surface area is 98.2 Å². The fourth-order valence-corrected chi connectivity index (χ4v) is 2.41. The molecule has 0 atom stereocenters. The highest BCUT2D eigenvalue weighted by Gasteiger charge is 2.40. The lowest BCUT2D eigenvalue weighted by Gasteiger charge is -2.14. The standard InChI is InChI=1S/C13H23N3/c1-3-5-13(6-7-13)11-14-8-4-12-9-15-16(2)10-12/h9-10,14H,3-8,11H2,1-2H3. The molecule has 1 heterocycles. The molecule has 1 aromatic heterocycles. The first-order chi connectivity index (χ1) is 7.74. The van der Waals surface area contributed by atoms with E-state index in [1.54, 1.807) is 0 Å². The molecular weight excluding hydrogens is 198 g/mol. The van der Waals surface area contributed by atoms with Crippen LogP contribution in [0.15, 0.2) is 12.4 Å². The lowest BCUT2D eigenvalue weighted by molar-refractivity contribution is 0.423. The molecule has 0 amide bonds. The highest BCUT2D eigenvalue weighted by Crippen LogP contribution is 2.48. The van der Waals surface area contributed by atoms with Crippen LogP contribution < -0.4 is 5.32 Å². The van der Waals surface area contributed by atoms with E-state index in [2.05, 4.69) is 23.5 Å². The van der Waals surface area contributed by atoms with Crippen molar-refractivity contribution in [2.75, 3.05) is 13.1 Å². The normalized spacial score (nSPS) is 17.6. The maximum absolute atomic E-state index is 4.17. The van der Waals surface area contributed by atoms with Crippen LogP contribution in [0.5, 0.6) is 0 Å². The van der Waals surface area contributed by atoms with Crippen LogP contribution in [0.3, 0.4) is 0 Å². The van der Waals surface area contributed by atoms with Gasteiger partial charge in [-0.3, -0.25) is 4.68 Å². The molecule has 0 radical (unpaired) electrons. The van der Waals surface area contributed by atoms with Crippen molar-refractivity contribution in [1.29, 1.82) is 0 Å². The smallest absolute Gasteiger partial charge is 0.0522 e. The van der Waals surface area contributed by atoms with Gasteiger partial charge in [0.15, 0.2) is 0 Å². The van der Waals surface area contributed by atoms with Crippen molar-refractivity contribution in [3.05, 3.63) is 18.0 Å². The molecule has 16 heavy (non-hydrogen) atoms. The van der Waals surface area contributed by atoms with Gasteiger partial charge in [-0.15, -0.1) is 0 Å². The summed E-state index contributed by atoms with van der Waals surface area (Å²) in [6.45, 7) is 4.58. The highest BCUT2D eigenvalue weighted by atomic mass is 15.2. The monoisotopic (exact) mass is 221 g/mol. The number of aryl methyl sites for hydroxylation is 1. The lowest BCUT2D eigenvalue weighted by Crippen LogP contribution is -2.25. The zero-order chi connectivity index (χ0) is 11.4. The second-order valence-corrected chi connectivity index (χ2v) is 5.20. The van der Waals surface area contributed by atoms with Gasteiger partial charge in [0.2, 0.25) is 0 Å². The zero-order valence-corrected chi connectivity index (χ0v) is 10.5. The van der Waals surface area contributed by atoms with Gasteiger partial charge in [-0.1, -0.05) is 13.3 Å². The Kier molecular flexibility index (Phi) is 3.64. The maximum Gasteiger partial charge on any atom is 0.0522 e. The lowest BCUT2D eigenvalue weighted by atomic mass is 10.0. The first-order valence-electron chi connectivity index (χ1n) is 6.42. The molecule has 1 aliphatic carbocycles. The Balaban J connectivity index is 1.62. The molecule has 0 spiro atoms. The molecular formula is C13H23N3. The van der Waals surface area contributed by atoms with Gasteiger partial charge in [0.1, 0.15) is 0 Å². The molecule has 1 aromatic rings. The topological polar surface area (TPSA) is 29.9 Å². The van der Waals surface area contributed by atoms with E-state index >= 15 is 0 Å². The second-order valence-electron chi connectivity index (χ2n) is 5.20. The zero-order valence-electron chi connectivity index (χ0n) is 10.5. The van der Waals surface area contributed by atoms with E-state index < -0.39 is 0 Å². The highest BCUT2D eigenvalue weighted by molar-refractivity contribution is 5.04. The Morgan fingerprint density at radius 2 is 2.31 bits per heavy atom. The van der Waals surface area contributed by atoms with Gasteiger partial charge in [0, 0.05) is 19.8 Å². The summed E-state index contributed by atoms with van der Waals surface area (Å²) in [4.78, 5) is 0. The van der Waals surface area contributed by atoms with E-state index in [4.69, 9.17) is 0 Å². The third kappa shape index (κ3) is 3.08. The van der Waals surface area contributed by atoms with Crippen LogP contribution in [-0.4, -0.2) is 22.9 Å². The quantitative estimate of drug-likeness (QED) is 0.715.